The Morgan fingerprint density at radius 3 is 2.82 bits per heavy atom. The fourth-order valence-corrected chi connectivity index (χ4v) is 6.46. The molecule has 0 bridgehead atoms. The van der Waals surface area contributed by atoms with Gasteiger partial charge in [0.1, 0.15) is 4.83 Å². The lowest BCUT2D eigenvalue weighted by Gasteiger charge is -2.18. The lowest BCUT2D eigenvalue weighted by Crippen LogP contribution is -2.30. The summed E-state index contributed by atoms with van der Waals surface area (Å²) in [6.45, 7) is 5.23. The maximum absolute atomic E-state index is 13.4. The molecule has 1 atom stereocenters. The van der Waals surface area contributed by atoms with E-state index in [1.54, 1.807) is 23.0 Å². The van der Waals surface area contributed by atoms with Crippen LogP contribution in [0.1, 0.15) is 53.8 Å². The number of hydrogen-bond donors (Lipinski definition) is 1. The van der Waals surface area contributed by atoms with Crippen LogP contribution in [0.25, 0.3) is 10.2 Å². The molecule has 4 rings (SSSR count). The molecule has 1 amide bonds. The highest BCUT2D eigenvalue weighted by atomic mass is 32.2. The summed E-state index contributed by atoms with van der Waals surface area (Å²) in [4.78, 5) is 33.2. The number of thiophene rings is 1. The van der Waals surface area contributed by atoms with Crippen molar-refractivity contribution in [2.24, 2.45) is 0 Å². The molecule has 1 aliphatic carbocycles. The molecule has 0 saturated carbocycles. The van der Waals surface area contributed by atoms with Crippen molar-refractivity contribution in [2.75, 3.05) is 19.5 Å². The maximum atomic E-state index is 13.4. The molecular formula is C25H31N3O3S2. The van der Waals surface area contributed by atoms with Gasteiger partial charge in [-0.1, -0.05) is 48.5 Å². The van der Waals surface area contributed by atoms with Gasteiger partial charge in [-0.3, -0.25) is 14.2 Å². The monoisotopic (exact) mass is 485 g/mol. The lowest BCUT2D eigenvalue weighted by atomic mass is 10.0. The van der Waals surface area contributed by atoms with E-state index in [1.165, 1.54) is 27.8 Å². The van der Waals surface area contributed by atoms with E-state index < -0.39 is 0 Å². The fourth-order valence-electron chi connectivity index (χ4n) is 4.32. The van der Waals surface area contributed by atoms with Crippen molar-refractivity contribution in [3.63, 3.8) is 0 Å². The largest absolute Gasteiger partial charge is 0.385 e. The van der Waals surface area contributed by atoms with Gasteiger partial charge in [0.05, 0.1) is 17.2 Å². The summed E-state index contributed by atoms with van der Waals surface area (Å²) in [5, 5.41) is 4.53. The molecule has 3 aromatic rings. The number of thioether (sulfide) groups is 1. The second-order valence-electron chi connectivity index (χ2n) is 8.46. The molecule has 1 aromatic carbocycles. The zero-order valence-electron chi connectivity index (χ0n) is 19.5. The van der Waals surface area contributed by atoms with E-state index >= 15 is 0 Å². The zero-order chi connectivity index (χ0) is 23.4. The Morgan fingerprint density at radius 1 is 1.30 bits per heavy atom. The van der Waals surface area contributed by atoms with Crippen molar-refractivity contribution >= 4 is 39.2 Å². The smallest absolute Gasteiger partial charge is 0.263 e. The van der Waals surface area contributed by atoms with Crippen LogP contribution in [0.2, 0.25) is 0 Å². The summed E-state index contributed by atoms with van der Waals surface area (Å²) in [6, 6.07) is 8.23. The van der Waals surface area contributed by atoms with E-state index in [0.29, 0.717) is 18.3 Å². The van der Waals surface area contributed by atoms with E-state index in [0.717, 1.165) is 47.9 Å². The highest BCUT2D eigenvalue weighted by molar-refractivity contribution is 7.99. The minimum Gasteiger partial charge on any atom is -0.385 e. The normalized spacial score (nSPS) is 13.9. The van der Waals surface area contributed by atoms with Crippen molar-refractivity contribution in [3.8, 4) is 0 Å². The maximum Gasteiger partial charge on any atom is 0.263 e. The molecule has 0 spiro atoms. The van der Waals surface area contributed by atoms with Gasteiger partial charge in [0.15, 0.2) is 5.16 Å². The summed E-state index contributed by atoms with van der Waals surface area (Å²) in [5.74, 6) is 0.161. The number of methoxy groups -OCH3 is 1. The van der Waals surface area contributed by atoms with Crippen LogP contribution in [0.4, 0.5) is 0 Å². The molecule has 0 saturated heterocycles. The van der Waals surface area contributed by atoms with E-state index in [-0.39, 0.29) is 23.3 Å². The van der Waals surface area contributed by atoms with Gasteiger partial charge in [-0.2, -0.15) is 0 Å². The van der Waals surface area contributed by atoms with Gasteiger partial charge in [0, 0.05) is 25.1 Å². The summed E-state index contributed by atoms with van der Waals surface area (Å²) in [5.41, 5.74) is 3.50. The third-order valence-corrected chi connectivity index (χ3v) is 8.24. The van der Waals surface area contributed by atoms with Crippen LogP contribution in [0.5, 0.6) is 0 Å². The molecule has 2 heterocycles. The van der Waals surface area contributed by atoms with Gasteiger partial charge in [0.25, 0.3) is 5.56 Å². The van der Waals surface area contributed by atoms with Gasteiger partial charge < -0.3 is 10.1 Å². The number of benzene rings is 1. The second kappa shape index (κ2) is 10.8. The number of ether oxygens (including phenoxy) is 1. The zero-order valence-corrected chi connectivity index (χ0v) is 21.1. The summed E-state index contributed by atoms with van der Waals surface area (Å²) < 4.78 is 6.93. The molecule has 1 N–H and O–H groups in total. The van der Waals surface area contributed by atoms with Crippen LogP contribution in [0.15, 0.2) is 34.2 Å². The Labute approximate surface area is 202 Å². The van der Waals surface area contributed by atoms with Crippen LogP contribution in [-0.2, 0) is 28.9 Å². The van der Waals surface area contributed by atoms with E-state index in [4.69, 9.17) is 9.72 Å². The molecular weight excluding hydrogens is 454 g/mol. The molecule has 1 aliphatic rings. The predicted molar refractivity (Wildman–Crippen MR) is 135 cm³/mol. The first-order valence-electron chi connectivity index (χ1n) is 11.5. The van der Waals surface area contributed by atoms with Crippen molar-refractivity contribution < 1.29 is 9.53 Å². The number of nitrogens with zero attached hydrogens (tertiary/aromatic N) is 2. The average molecular weight is 486 g/mol. The van der Waals surface area contributed by atoms with Crippen LogP contribution in [0.3, 0.4) is 0 Å². The third kappa shape index (κ3) is 5.34. The first-order valence-corrected chi connectivity index (χ1v) is 13.3. The summed E-state index contributed by atoms with van der Waals surface area (Å²) >= 11 is 2.97. The molecule has 2 aromatic heterocycles. The van der Waals surface area contributed by atoms with E-state index in [2.05, 4.69) is 43.4 Å². The second-order valence-corrected chi connectivity index (χ2v) is 10.5. The molecule has 0 radical (unpaired) electrons. The Balaban J connectivity index is 1.53. The number of aryl methyl sites for hydroxylation is 3. The third-order valence-electron chi connectivity index (χ3n) is 6.08. The first-order chi connectivity index (χ1) is 16.0. The number of fused-ring (bicyclic) bond motifs is 3. The minimum absolute atomic E-state index is 0.0181. The van der Waals surface area contributed by atoms with Gasteiger partial charge in [-0.15, -0.1) is 11.3 Å². The van der Waals surface area contributed by atoms with Crippen molar-refractivity contribution in [3.05, 3.63) is 56.2 Å². The molecule has 0 aliphatic heterocycles. The van der Waals surface area contributed by atoms with Crippen LogP contribution in [0, 0.1) is 6.92 Å². The number of carbonyl (C=O) groups excluding carboxylic acids is 1. The Kier molecular flexibility index (Phi) is 7.88. The molecule has 8 heteroatoms. The van der Waals surface area contributed by atoms with Crippen molar-refractivity contribution in [1.29, 1.82) is 0 Å². The molecule has 33 heavy (non-hydrogen) atoms. The molecule has 6 nitrogen and oxygen atoms in total. The Morgan fingerprint density at radius 2 is 2.09 bits per heavy atom. The van der Waals surface area contributed by atoms with E-state index in [1.807, 2.05) is 0 Å². The Bertz CT molecular complexity index is 1180. The number of rotatable bonds is 10. The summed E-state index contributed by atoms with van der Waals surface area (Å²) in [6.07, 6.45) is 4.63. The molecule has 176 valence electrons. The van der Waals surface area contributed by atoms with Gasteiger partial charge >= 0.3 is 0 Å². The quantitative estimate of drug-likeness (QED) is 0.257. The standard InChI is InChI=1S/C25H31N3O3S2/c1-4-19(17-11-9-16(2)10-12-17)26-21(29)15-32-25-27-23-22(18-7-5-8-20(18)33-23)24(30)28(25)13-6-14-31-3/h9-12,19H,4-8,13-15H2,1-3H3,(H,26,29). The lowest BCUT2D eigenvalue weighted by molar-refractivity contribution is -0.119. The van der Waals surface area contributed by atoms with Gasteiger partial charge in [0.2, 0.25) is 5.91 Å². The summed E-state index contributed by atoms with van der Waals surface area (Å²) in [7, 11) is 1.66. The SMILES string of the molecule is CCC(NC(=O)CSc1nc2sc3c(c2c(=O)n1CCCOC)CCC3)c1ccc(C)cc1. The topological polar surface area (TPSA) is 73.2 Å². The van der Waals surface area contributed by atoms with Gasteiger partial charge in [-0.25, -0.2) is 4.98 Å². The van der Waals surface area contributed by atoms with Crippen LogP contribution in [-0.4, -0.2) is 34.9 Å². The van der Waals surface area contributed by atoms with Crippen molar-refractivity contribution in [1.82, 2.24) is 14.9 Å². The number of hydrogen-bond acceptors (Lipinski definition) is 6. The minimum atomic E-state index is -0.0566. The number of amides is 1. The predicted octanol–water partition coefficient (Wildman–Crippen LogP) is 4.65. The number of aromatic nitrogens is 2. The van der Waals surface area contributed by atoms with E-state index in [9.17, 15) is 9.59 Å². The highest BCUT2D eigenvalue weighted by Crippen LogP contribution is 2.35. The first kappa shape index (κ1) is 24.0. The molecule has 1 unspecified atom stereocenters. The Hall–Kier alpha value is -2.16. The highest BCUT2D eigenvalue weighted by Gasteiger charge is 2.23. The van der Waals surface area contributed by atoms with Crippen molar-refractivity contribution in [2.45, 2.75) is 63.7 Å². The fraction of sp³-hybridized carbons (Fsp3) is 0.480. The van der Waals surface area contributed by atoms with Gasteiger partial charge in [-0.05, 0) is 50.2 Å². The average Bonchev–Trinajstić information content (AvgIpc) is 3.39. The van der Waals surface area contributed by atoms with Crippen LogP contribution < -0.4 is 10.9 Å². The van der Waals surface area contributed by atoms with Crippen LogP contribution >= 0.6 is 23.1 Å². The number of carbonyl (C=O) groups is 1. The molecule has 0 fully saturated rings. The number of nitrogens with one attached hydrogen (secondary N) is 1.